The molecule has 0 unspecified atom stereocenters. The summed E-state index contributed by atoms with van der Waals surface area (Å²) in [4.78, 5) is 14.6. The number of nitrogens with one attached hydrogen (secondary N) is 1. The highest BCUT2D eigenvalue weighted by Crippen LogP contribution is 2.25. The molecule has 0 atom stereocenters. The van der Waals surface area contributed by atoms with Gasteiger partial charge in [-0.05, 0) is 74.6 Å². The van der Waals surface area contributed by atoms with E-state index in [1.165, 1.54) is 23.1 Å². The Hall–Kier alpha value is -1.87. The van der Waals surface area contributed by atoms with Gasteiger partial charge in [-0.1, -0.05) is 34.7 Å². The highest BCUT2D eigenvalue weighted by molar-refractivity contribution is 8.01. The van der Waals surface area contributed by atoms with E-state index in [-0.39, 0.29) is 11.7 Å². The van der Waals surface area contributed by atoms with Gasteiger partial charge in [-0.3, -0.25) is 4.79 Å². The van der Waals surface area contributed by atoms with E-state index in [1.807, 2.05) is 36.4 Å². The Labute approximate surface area is 188 Å². The second-order valence-corrected chi connectivity index (χ2v) is 9.36. The normalized spacial score (nSPS) is 10.7. The van der Waals surface area contributed by atoms with Gasteiger partial charge in [-0.25, -0.2) is 4.68 Å². The molecule has 0 aliphatic rings. The van der Waals surface area contributed by atoms with Crippen molar-refractivity contribution >= 4 is 64.2 Å². The van der Waals surface area contributed by atoms with Crippen LogP contribution in [-0.2, 0) is 4.79 Å². The molecule has 0 spiro atoms. The minimum absolute atomic E-state index is 0.0789. The van der Waals surface area contributed by atoms with Crippen molar-refractivity contribution < 1.29 is 4.79 Å². The molecule has 0 aliphatic heterocycles. The van der Waals surface area contributed by atoms with Gasteiger partial charge in [0, 0.05) is 29.5 Å². The monoisotopic (exact) mass is 464 g/mol. The van der Waals surface area contributed by atoms with Crippen LogP contribution in [0.15, 0.2) is 52.9 Å². The molecule has 152 valence electrons. The van der Waals surface area contributed by atoms with Crippen molar-refractivity contribution in [2.75, 3.05) is 29.1 Å². The van der Waals surface area contributed by atoms with Crippen molar-refractivity contribution in [3.05, 3.63) is 57.5 Å². The Bertz CT molecular complexity index is 1010. The first-order chi connectivity index (χ1) is 14.0. The largest absolute Gasteiger partial charge is 0.372 e. The first-order valence-electron chi connectivity index (χ1n) is 9.14. The quantitative estimate of drug-likeness (QED) is 0.332. The number of amides is 1. The molecule has 1 N–H and O–H groups in total. The van der Waals surface area contributed by atoms with Crippen LogP contribution >= 0.6 is 46.9 Å². The minimum Gasteiger partial charge on any atom is -0.372 e. The lowest BCUT2D eigenvalue weighted by atomic mass is 10.2. The number of halogens is 1. The maximum atomic E-state index is 12.3. The van der Waals surface area contributed by atoms with Crippen molar-refractivity contribution in [3.63, 3.8) is 0 Å². The molecule has 0 saturated carbocycles. The van der Waals surface area contributed by atoms with E-state index in [2.05, 4.69) is 29.2 Å². The smallest absolute Gasteiger partial charge is 0.234 e. The SMILES string of the molecule is CCN(CC)c1ccc(NC(=O)CSc2nn(-c3ccc(Cl)cc3)c(=S)s2)cc1. The number of thioether (sulfide) groups is 1. The number of hydrogen-bond acceptors (Lipinski definition) is 6. The second kappa shape index (κ2) is 10.2. The summed E-state index contributed by atoms with van der Waals surface area (Å²) in [5.41, 5.74) is 2.78. The first kappa shape index (κ1) is 21.8. The fourth-order valence-corrected chi connectivity index (χ4v) is 5.02. The third-order valence-electron chi connectivity index (χ3n) is 4.21. The fourth-order valence-electron chi connectivity index (χ4n) is 2.73. The van der Waals surface area contributed by atoms with Gasteiger partial charge in [-0.15, -0.1) is 5.10 Å². The fraction of sp³-hybridized carbons (Fsp3) is 0.250. The van der Waals surface area contributed by atoms with Crippen LogP contribution in [0.5, 0.6) is 0 Å². The van der Waals surface area contributed by atoms with Gasteiger partial charge >= 0.3 is 0 Å². The van der Waals surface area contributed by atoms with Crippen LogP contribution in [-0.4, -0.2) is 34.5 Å². The number of carbonyl (C=O) groups is 1. The van der Waals surface area contributed by atoms with Crippen LogP contribution in [0.2, 0.25) is 5.02 Å². The van der Waals surface area contributed by atoms with Crippen LogP contribution in [0.25, 0.3) is 5.69 Å². The highest BCUT2D eigenvalue weighted by atomic mass is 35.5. The number of hydrogen-bond donors (Lipinski definition) is 1. The van der Waals surface area contributed by atoms with Gasteiger partial charge < -0.3 is 10.2 Å². The van der Waals surface area contributed by atoms with E-state index >= 15 is 0 Å². The molecule has 1 amide bonds. The molecule has 3 aromatic rings. The lowest BCUT2D eigenvalue weighted by Gasteiger charge is -2.21. The van der Waals surface area contributed by atoms with Crippen LogP contribution in [0.1, 0.15) is 13.8 Å². The zero-order valence-electron chi connectivity index (χ0n) is 16.1. The molecule has 0 fully saturated rings. The number of carbonyl (C=O) groups excluding carboxylic acids is 1. The van der Waals surface area contributed by atoms with Crippen LogP contribution in [0, 0.1) is 3.95 Å². The molecule has 0 radical (unpaired) electrons. The van der Waals surface area contributed by atoms with Gasteiger partial charge in [0.15, 0.2) is 8.29 Å². The summed E-state index contributed by atoms with van der Waals surface area (Å²) >= 11 is 14.1. The van der Waals surface area contributed by atoms with E-state index in [0.717, 1.165) is 34.5 Å². The number of nitrogens with zero attached hydrogens (tertiary/aromatic N) is 3. The van der Waals surface area contributed by atoms with E-state index in [1.54, 1.807) is 16.8 Å². The van der Waals surface area contributed by atoms with Gasteiger partial charge in [-0.2, -0.15) is 0 Å². The van der Waals surface area contributed by atoms with Gasteiger partial charge in [0.25, 0.3) is 0 Å². The van der Waals surface area contributed by atoms with Crippen molar-refractivity contribution in [2.45, 2.75) is 18.2 Å². The van der Waals surface area contributed by atoms with Crippen molar-refractivity contribution in [3.8, 4) is 5.69 Å². The number of aromatic nitrogens is 2. The van der Waals surface area contributed by atoms with E-state index in [9.17, 15) is 4.79 Å². The first-order valence-corrected chi connectivity index (χ1v) is 11.7. The summed E-state index contributed by atoms with van der Waals surface area (Å²) < 4.78 is 3.06. The molecule has 0 aliphatic carbocycles. The molecule has 5 nitrogen and oxygen atoms in total. The molecule has 3 rings (SSSR count). The summed E-state index contributed by atoms with van der Waals surface area (Å²) in [5, 5.41) is 8.09. The van der Waals surface area contributed by atoms with Crippen molar-refractivity contribution in [1.82, 2.24) is 9.78 Å². The standard InChI is InChI=1S/C20H21ClN4OS3/c1-3-24(4-2)16-11-7-15(8-12-16)22-18(26)13-28-19-23-25(20(27)29-19)17-9-5-14(21)6-10-17/h5-12H,3-4,13H2,1-2H3,(H,22,26). The Morgan fingerprint density at radius 1 is 1.17 bits per heavy atom. The van der Waals surface area contributed by atoms with Crippen LogP contribution < -0.4 is 10.2 Å². The number of rotatable bonds is 8. The molecule has 0 bridgehead atoms. The Balaban J connectivity index is 1.58. The third-order valence-corrected chi connectivity index (χ3v) is 6.82. The number of anilines is 2. The highest BCUT2D eigenvalue weighted by Gasteiger charge is 2.10. The Morgan fingerprint density at radius 3 is 2.45 bits per heavy atom. The molecule has 29 heavy (non-hydrogen) atoms. The molecule has 1 heterocycles. The minimum atomic E-state index is -0.0789. The van der Waals surface area contributed by atoms with Crippen molar-refractivity contribution in [1.29, 1.82) is 0 Å². The van der Waals surface area contributed by atoms with Crippen LogP contribution in [0.3, 0.4) is 0 Å². The van der Waals surface area contributed by atoms with Crippen LogP contribution in [0.4, 0.5) is 11.4 Å². The lowest BCUT2D eigenvalue weighted by Crippen LogP contribution is -2.21. The Morgan fingerprint density at radius 2 is 1.83 bits per heavy atom. The predicted molar refractivity (Wildman–Crippen MR) is 127 cm³/mol. The van der Waals surface area contributed by atoms with Gasteiger partial charge in [0.2, 0.25) is 5.91 Å². The summed E-state index contributed by atoms with van der Waals surface area (Å²) in [6.07, 6.45) is 0. The molecule has 1 aromatic heterocycles. The predicted octanol–water partition coefficient (Wildman–Crippen LogP) is 5.89. The topological polar surface area (TPSA) is 50.2 Å². The zero-order chi connectivity index (χ0) is 20.8. The van der Waals surface area contributed by atoms with E-state index in [0.29, 0.717) is 8.98 Å². The summed E-state index contributed by atoms with van der Waals surface area (Å²) in [5.74, 6) is 0.186. The number of benzene rings is 2. The summed E-state index contributed by atoms with van der Waals surface area (Å²) in [6.45, 7) is 6.15. The molecular formula is C20H21ClN4OS3. The third kappa shape index (κ3) is 5.82. The molecule has 2 aromatic carbocycles. The maximum Gasteiger partial charge on any atom is 0.234 e. The van der Waals surface area contributed by atoms with Gasteiger partial charge in [0.1, 0.15) is 0 Å². The maximum absolute atomic E-state index is 12.3. The lowest BCUT2D eigenvalue weighted by molar-refractivity contribution is -0.113. The van der Waals surface area contributed by atoms with E-state index < -0.39 is 0 Å². The second-order valence-electron chi connectivity index (χ2n) is 6.08. The average molecular weight is 465 g/mol. The van der Waals surface area contributed by atoms with E-state index in [4.69, 9.17) is 23.8 Å². The van der Waals surface area contributed by atoms with Gasteiger partial charge in [0.05, 0.1) is 11.4 Å². The summed E-state index contributed by atoms with van der Waals surface area (Å²) in [7, 11) is 0. The summed E-state index contributed by atoms with van der Waals surface area (Å²) in [6, 6.07) is 15.2. The molecule has 0 saturated heterocycles. The molecular weight excluding hydrogens is 444 g/mol. The zero-order valence-corrected chi connectivity index (χ0v) is 19.3. The van der Waals surface area contributed by atoms with Crippen molar-refractivity contribution in [2.24, 2.45) is 0 Å². The Kier molecular flexibility index (Phi) is 7.71. The molecule has 9 heteroatoms. The average Bonchev–Trinajstić information content (AvgIpc) is 3.10.